The molecule has 1 fully saturated rings. The summed E-state index contributed by atoms with van der Waals surface area (Å²) in [5.41, 5.74) is 1.51. The largest absolute Gasteiger partial charge is 0.376 e. The molecule has 128 valence electrons. The first-order valence-corrected chi connectivity index (χ1v) is 8.60. The van der Waals surface area contributed by atoms with Gasteiger partial charge in [0, 0.05) is 32.1 Å². The fourth-order valence-corrected chi connectivity index (χ4v) is 3.01. The molecular formula is C18H24N4O2. The average Bonchev–Trinajstić information content (AvgIpc) is 3.27. The minimum atomic E-state index is -0.0119. The average molecular weight is 328 g/mol. The van der Waals surface area contributed by atoms with Crippen molar-refractivity contribution in [3.63, 3.8) is 0 Å². The van der Waals surface area contributed by atoms with Crippen LogP contribution in [0.2, 0.25) is 0 Å². The predicted molar refractivity (Wildman–Crippen MR) is 90.5 cm³/mol. The van der Waals surface area contributed by atoms with Gasteiger partial charge in [-0.3, -0.25) is 14.5 Å². The molecule has 1 aliphatic rings. The lowest BCUT2D eigenvalue weighted by atomic mass is 10.2. The molecule has 0 aromatic carbocycles. The van der Waals surface area contributed by atoms with Gasteiger partial charge in [-0.05, 0) is 37.5 Å². The highest BCUT2D eigenvalue weighted by Crippen LogP contribution is 2.17. The van der Waals surface area contributed by atoms with Crippen molar-refractivity contribution in [2.24, 2.45) is 0 Å². The fourth-order valence-electron chi connectivity index (χ4n) is 3.01. The van der Waals surface area contributed by atoms with E-state index in [0.29, 0.717) is 18.8 Å². The van der Waals surface area contributed by atoms with Crippen molar-refractivity contribution in [1.82, 2.24) is 19.7 Å². The number of pyridine rings is 1. The van der Waals surface area contributed by atoms with Crippen LogP contribution in [0.4, 0.5) is 0 Å². The molecule has 6 nitrogen and oxygen atoms in total. The zero-order valence-electron chi connectivity index (χ0n) is 14.1. The summed E-state index contributed by atoms with van der Waals surface area (Å²) < 4.78 is 7.51. The highest BCUT2D eigenvalue weighted by molar-refractivity contribution is 5.92. The maximum absolute atomic E-state index is 13.1. The molecule has 3 rings (SSSR count). The third kappa shape index (κ3) is 4.00. The van der Waals surface area contributed by atoms with Crippen LogP contribution in [0.3, 0.4) is 0 Å². The van der Waals surface area contributed by atoms with E-state index in [1.165, 1.54) is 0 Å². The molecule has 1 aliphatic heterocycles. The van der Waals surface area contributed by atoms with E-state index in [9.17, 15) is 4.79 Å². The van der Waals surface area contributed by atoms with Gasteiger partial charge in [-0.1, -0.05) is 13.0 Å². The molecule has 3 heterocycles. The molecule has 0 aliphatic carbocycles. The molecular weight excluding hydrogens is 304 g/mol. The van der Waals surface area contributed by atoms with Crippen LogP contribution in [-0.2, 0) is 17.8 Å². The Morgan fingerprint density at radius 2 is 2.29 bits per heavy atom. The second-order valence-electron chi connectivity index (χ2n) is 6.08. The van der Waals surface area contributed by atoms with Crippen molar-refractivity contribution < 1.29 is 9.53 Å². The normalized spacial score (nSPS) is 17.1. The summed E-state index contributed by atoms with van der Waals surface area (Å²) in [6.45, 7) is 4.67. The number of nitrogens with zero attached hydrogens (tertiary/aromatic N) is 4. The summed E-state index contributed by atoms with van der Waals surface area (Å²) in [4.78, 5) is 19.3. The number of aromatic nitrogens is 3. The number of hydrogen-bond acceptors (Lipinski definition) is 4. The number of amides is 1. The molecule has 1 atom stereocenters. The van der Waals surface area contributed by atoms with Gasteiger partial charge < -0.3 is 9.64 Å². The molecule has 1 amide bonds. The summed E-state index contributed by atoms with van der Waals surface area (Å²) in [5, 5.41) is 4.27. The Labute approximate surface area is 142 Å². The van der Waals surface area contributed by atoms with E-state index in [4.69, 9.17) is 4.74 Å². The van der Waals surface area contributed by atoms with Crippen molar-refractivity contribution in [1.29, 1.82) is 0 Å². The molecule has 0 bridgehead atoms. The zero-order valence-corrected chi connectivity index (χ0v) is 14.1. The standard InChI is InChI=1S/C18H24N4O2/c1-2-11-22-17(8-10-20-22)18(23)21(14-16-7-5-12-24-16)13-15-6-3-4-9-19-15/h3-4,6,8-10,16H,2,5,7,11-14H2,1H3/t16-/m1/s1. The maximum atomic E-state index is 13.1. The summed E-state index contributed by atoms with van der Waals surface area (Å²) in [6, 6.07) is 7.56. The van der Waals surface area contributed by atoms with Crippen LogP contribution in [0.25, 0.3) is 0 Å². The van der Waals surface area contributed by atoms with Crippen LogP contribution in [0, 0.1) is 0 Å². The topological polar surface area (TPSA) is 60.2 Å². The molecule has 0 unspecified atom stereocenters. The SMILES string of the molecule is CCCn1nccc1C(=O)N(Cc1ccccn1)C[C@H]1CCCO1. The van der Waals surface area contributed by atoms with Crippen molar-refractivity contribution in [2.75, 3.05) is 13.2 Å². The van der Waals surface area contributed by atoms with Gasteiger partial charge >= 0.3 is 0 Å². The summed E-state index contributed by atoms with van der Waals surface area (Å²) >= 11 is 0. The quantitative estimate of drug-likeness (QED) is 0.783. The molecule has 0 radical (unpaired) electrons. The number of carbonyl (C=O) groups excluding carboxylic acids is 1. The molecule has 0 N–H and O–H groups in total. The lowest BCUT2D eigenvalue weighted by Crippen LogP contribution is -2.38. The molecule has 0 saturated carbocycles. The van der Waals surface area contributed by atoms with Crippen molar-refractivity contribution in [2.45, 2.75) is 45.4 Å². The van der Waals surface area contributed by atoms with Crippen molar-refractivity contribution in [3.8, 4) is 0 Å². The second-order valence-corrected chi connectivity index (χ2v) is 6.08. The Bertz CT molecular complexity index is 650. The number of ether oxygens (including phenoxy) is 1. The first-order valence-electron chi connectivity index (χ1n) is 8.60. The first-order chi connectivity index (χ1) is 11.8. The maximum Gasteiger partial charge on any atom is 0.272 e. The Hall–Kier alpha value is -2.21. The third-order valence-electron chi connectivity index (χ3n) is 4.19. The molecule has 0 spiro atoms. The third-order valence-corrected chi connectivity index (χ3v) is 4.19. The van der Waals surface area contributed by atoms with Gasteiger partial charge in [-0.15, -0.1) is 0 Å². The van der Waals surface area contributed by atoms with Crippen LogP contribution >= 0.6 is 0 Å². The Kier molecular flexibility index (Phi) is 5.59. The smallest absolute Gasteiger partial charge is 0.272 e. The molecule has 2 aromatic rings. The van der Waals surface area contributed by atoms with E-state index >= 15 is 0 Å². The van der Waals surface area contributed by atoms with E-state index in [2.05, 4.69) is 17.0 Å². The van der Waals surface area contributed by atoms with Gasteiger partial charge in [0.25, 0.3) is 5.91 Å². The predicted octanol–water partition coefficient (Wildman–Crippen LogP) is 2.51. The number of rotatable bonds is 7. The van der Waals surface area contributed by atoms with E-state index in [0.717, 1.165) is 38.1 Å². The number of aryl methyl sites for hydroxylation is 1. The number of carbonyl (C=O) groups is 1. The zero-order chi connectivity index (χ0) is 16.8. The van der Waals surface area contributed by atoms with Crippen LogP contribution in [0.5, 0.6) is 0 Å². The minimum absolute atomic E-state index is 0.0119. The summed E-state index contributed by atoms with van der Waals surface area (Å²) in [7, 11) is 0. The highest BCUT2D eigenvalue weighted by atomic mass is 16.5. The van der Waals surface area contributed by atoms with Gasteiger partial charge in [0.1, 0.15) is 5.69 Å². The van der Waals surface area contributed by atoms with Crippen LogP contribution in [0.15, 0.2) is 36.7 Å². The lowest BCUT2D eigenvalue weighted by molar-refractivity contribution is 0.0495. The van der Waals surface area contributed by atoms with Crippen LogP contribution < -0.4 is 0 Å². The van der Waals surface area contributed by atoms with Gasteiger partial charge in [0.15, 0.2) is 0 Å². The van der Waals surface area contributed by atoms with E-state index < -0.39 is 0 Å². The fraction of sp³-hybridized carbons (Fsp3) is 0.500. The molecule has 24 heavy (non-hydrogen) atoms. The summed E-state index contributed by atoms with van der Waals surface area (Å²) in [6.07, 6.45) is 6.55. The van der Waals surface area contributed by atoms with Crippen LogP contribution in [-0.4, -0.2) is 44.8 Å². The highest BCUT2D eigenvalue weighted by Gasteiger charge is 2.25. The molecule has 6 heteroatoms. The van der Waals surface area contributed by atoms with E-state index in [1.807, 2.05) is 23.1 Å². The van der Waals surface area contributed by atoms with E-state index in [-0.39, 0.29) is 12.0 Å². The Morgan fingerprint density at radius 3 is 3.00 bits per heavy atom. The Morgan fingerprint density at radius 1 is 1.38 bits per heavy atom. The van der Waals surface area contributed by atoms with Gasteiger partial charge in [0.2, 0.25) is 0 Å². The number of hydrogen-bond donors (Lipinski definition) is 0. The van der Waals surface area contributed by atoms with Gasteiger partial charge in [-0.2, -0.15) is 5.10 Å². The van der Waals surface area contributed by atoms with Crippen LogP contribution in [0.1, 0.15) is 42.4 Å². The van der Waals surface area contributed by atoms with Gasteiger partial charge in [-0.25, -0.2) is 0 Å². The lowest BCUT2D eigenvalue weighted by Gasteiger charge is -2.25. The van der Waals surface area contributed by atoms with Gasteiger partial charge in [0.05, 0.1) is 18.3 Å². The molecule has 2 aromatic heterocycles. The second kappa shape index (κ2) is 8.06. The Balaban J connectivity index is 1.79. The monoisotopic (exact) mass is 328 g/mol. The summed E-state index contributed by atoms with van der Waals surface area (Å²) in [5.74, 6) is -0.0119. The van der Waals surface area contributed by atoms with Crippen molar-refractivity contribution >= 4 is 5.91 Å². The minimum Gasteiger partial charge on any atom is -0.376 e. The first kappa shape index (κ1) is 16.6. The van der Waals surface area contributed by atoms with E-state index in [1.54, 1.807) is 23.1 Å². The molecule has 1 saturated heterocycles. The van der Waals surface area contributed by atoms with Crippen molar-refractivity contribution in [3.05, 3.63) is 48.0 Å².